The monoisotopic (exact) mass is 321 g/mol. The van der Waals surface area contributed by atoms with Gasteiger partial charge in [-0.15, -0.1) is 0 Å². The van der Waals surface area contributed by atoms with Gasteiger partial charge in [0.2, 0.25) is 11.7 Å². The van der Waals surface area contributed by atoms with Gasteiger partial charge in [-0.1, -0.05) is 0 Å². The normalized spacial score (nSPS) is 33.0. The Bertz CT molecular complexity index is 476. The molecule has 10 heteroatoms. The first kappa shape index (κ1) is 16.8. The Morgan fingerprint density at radius 2 is 2.14 bits per heavy atom. The summed E-state index contributed by atoms with van der Waals surface area (Å²) in [7, 11) is 0.974. The van der Waals surface area contributed by atoms with E-state index in [2.05, 4.69) is 4.74 Å². The fourth-order valence-electron chi connectivity index (χ4n) is 2.05. The SMILES string of the molecule is [2H]CC1(C(=O)C(NC(=O)CN)C(=O)OC)O[C@H](CO)[C@@H](O)[C@H]1O. The molecule has 0 bridgehead atoms. The molecule has 0 aromatic rings. The first-order valence-corrected chi connectivity index (χ1v) is 6.34. The molecular weight excluding hydrogens is 300 g/mol. The summed E-state index contributed by atoms with van der Waals surface area (Å²) in [6.07, 6.45) is -4.83. The Morgan fingerprint density at radius 1 is 1.50 bits per heavy atom. The van der Waals surface area contributed by atoms with E-state index in [1.165, 1.54) is 0 Å². The fraction of sp³-hybridized carbons (Fsp3) is 0.750. The second-order valence-corrected chi connectivity index (χ2v) is 4.76. The molecule has 1 heterocycles. The van der Waals surface area contributed by atoms with Crippen LogP contribution in [0.4, 0.5) is 0 Å². The quantitative estimate of drug-likeness (QED) is 0.242. The van der Waals surface area contributed by atoms with E-state index in [0.29, 0.717) is 0 Å². The van der Waals surface area contributed by atoms with E-state index < -0.39 is 67.7 Å². The molecule has 0 spiro atoms. The second kappa shape index (κ2) is 7.11. The second-order valence-electron chi connectivity index (χ2n) is 4.76. The van der Waals surface area contributed by atoms with Crippen LogP contribution in [-0.2, 0) is 23.9 Å². The van der Waals surface area contributed by atoms with E-state index in [1.807, 2.05) is 5.32 Å². The number of nitrogens with two attached hydrogens (primary N) is 1. The lowest BCUT2D eigenvalue weighted by molar-refractivity contribution is -0.161. The number of carbonyl (C=O) groups is 3. The minimum atomic E-state index is -2.30. The predicted octanol–water partition coefficient (Wildman–Crippen LogP) is -3.96. The minimum absolute atomic E-state index is 0.514. The summed E-state index contributed by atoms with van der Waals surface area (Å²) in [5, 5.41) is 31.0. The van der Waals surface area contributed by atoms with E-state index in [9.17, 15) is 24.6 Å². The van der Waals surface area contributed by atoms with Crippen molar-refractivity contribution in [3.05, 3.63) is 0 Å². The molecule has 1 amide bonds. The zero-order valence-corrected chi connectivity index (χ0v) is 11.9. The number of hydrogen-bond donors (Lipinski definition) is 5. The van der Waals surface area contributed by atoms with Crippen LogP contribution in [0.15, 0.2) is 0 Å². The zero-order chi connectivity index (χ0) is 17.8. The van der Waals surface area contributed by atoms with Crippen molar-refractivity contribution in [2.75, 3.05) is 20.3 Å². The van der Waals surface area contributed by atoms with Gasteiger partial charge in [0.05, 0.1) is 20.3 Å². The summed E-state index contributed by atoms with van der Waals surface area (Å²) >= 11 is 0. The van der Waals surface area contributed by atoms with Gasteiger partial charge in [0.1, 0.15) is 18.3 Å². The molecule has 1 saturated heterocycles. The van der Waals surface area contributed by atoms with E-state index >= 15 is 0 Å². The number of carbonyl (C=O) groups excluding carboxylic acids is 3. The zero-order valence-electron chi connectivity index (χ0n) is 12.9. The van der Waals surface area contributed by atoms with Crippen LogP contribution in [0.1, 0.15) is 8.27 Å². The van der Waals surface area contributed by atoms with Gasteiger partial charge in [0.15, 0.2) is 11.6 Å². The molecule has 1 fully saturated rings. The van der Waals surface area contributed by atoms with Crippen molar-refractivity contribution >= 4 is 17.7 Å². The van der Waals surface area contributed by atoms with Crippen molar-refractivity contribution in [2.45, 2.75) is 36.9 Å². The third-order valence-corrected chi connectivity index (χ3v) is 3.33. The summed E-state index contributed by atoms with van der Waals surface area (Å²) in [6, 6.07) is -1.87. The standard InChI is InChI=1S/C12H20N2O8/c1-12(10(19)8(17)5(4-15)22-12)9(18)7(11(20)21-2)14-6(16)3-13/h5,7-8,10,15,17,19H,3-4,13H2,1-2H3,(H,14,16)/t5-,7?,8-,10-,12?/m1/s1/i1D. The number of methoxy groups -OCH3 is 1. The van der Waals surface area contributed by atoms with Crippen LogP contribution in [-0.4, -0.2) is 83.2 Å². The highest BCUT2D eigenvalue weighted by molar-refractivity contribution is 6.09. The number of esters is 1. The summed E-state index contributed by atoms with van der Waals surface area (Å²) in [4.78, 5) is 35.7. The molecule has 10 nitrogen and oxygen atoms in total. The molecule has 0 radical (unpaired) electrons. The van der Waals surface area contributed by atoms with E-state index in [-0.39, 0.29) is 0 Å². The number of ketones is 1. The molecule has 126 valence electrons. The van der Waals surface area contributed by atoms with Gasteiger partial charge in [-0.05, 0) is 6.90 Å². The predicted molar refractivity (Wildman–Crippen MR) is 70.4 cm³/mol. The van der Waals surface area contributed by atoms with Crippen LogP contribution >= 0.6 is 0 Å². The first-order valence-electron chi connectivity index (χ1n) is 7.05. The maximum Gasteiger partial charge on any atom is 0.336 e. The van der Waals surface area contributed by atoms with Crippen LogP contribution in [0.2, 0.25) is 0 Å². The number of aliphatic hydroxyl groups excluding tert-OH is 3. The van der Waals surface area contributed by atoms with E-state index in [0.717, 1.165) is 7.11 Å². The van der Waals surface area contributed by atoms with Gasteiger partial charge < -0.3 is 35.8 Å². The highest BCUT2D eigenvalue weighted by atomic mass is 16.6. The largest absolute Gasteiger partial charge is 0.467 e. The lowest BCUT2D eigenvalue weighted by Gasteiger charge is -2.29. The van der Waals surface area contributed by atoms with Crippen molar-refractivity contribution < 1.29 is 40.5 Å². The molecule has 2 unspecified atom stereocenters. The molecule has 0 saturated carbocycles. The lowest BCUT2D eigenvalue weighted by Crippen LogP contribution is -2.59. The Hall–Kier alpha value is -1.59. The average molecular weight is 321 g/mol. The number of aliphatic hydroxyl groups is 3. The van der Waals surface area contributed by atoms with Crippen molar-refractivity contribution in [1.82, 2.24) is 5.32 Å². The third kappa shape index (κ3) is 3.25. The summed E-state index contributed by atoms with van der Waals surface area (Å²) in [6.45, 7) is -2.09. The maximum absolute atomic E-state index is 12.6. The van der Waals surface area contributed by atoms with Crippen molar-refractivity contribution in [2.24, 2.45) is 5.73 Å². The highest BCUT2D eigenvalue weighted by Crippen LogP contribution is 2.32. The number of ether oxygens (including phenoxy) is 2. The van der Waals surface area contributed by atoms with Crippen molar-refractivity contribution in [3.63, 3.8) is 0 Å². The molecule has 1 aliphatic heterocycles. The van der Waals surface area contributed by atoms with Crippen molar-refractivity contribution in [1.29, 1.82) is 0 Å². The lowest BCUT2D eigenvalue weighted by atomic mass is 9.88. The molecular formula is C12H20N2O8. The number of Topliss-reactive ketones (excluding diaryl/α,β-unsaturated/α-hetero) is 1. The third-order valence-electron chi connectivity index (χ3n) is 3.33. The average Bonchev–Trinajstić information content (AvgIpc) is 2.83. The summed E-state index contributed by atoms with van der Waals surface area (Å²) in [5.74, 6) is -3.17. The molecule has 22 heavy (non-hydrogen) atoms. The van der Waals surface area contributed by atoms with Gasteiger partial charge >= 0.3 is 5.97 Å². The summed E-state index contributed by atoms with van der Waals surface area (Å²) in [5.41, 5.74) is 2.81. The minimum Gasteiger partial charge on any atom is -0.467 e. The van der Waals surface area contributed by atoms with Gasteiger partial charge in [0, 0.05) is 1.37 Å². The molecule has 5 atom stereocenters. The van der Waals surface area contributed by atoms with Gasteiger partial charge in [-0.25, -0.2) is 4.79 Å². The van der Waals surface area contributed by atoms with Gasteiger partial charge in [-0.2, -0.15) is 0 Å². The maximum atomic E-state index is 12.6. The number of hydrogen-bond acceptors (Lipinski definition) is 9. The Balaban J connectivity index is 3.17. The first-order chi connectivity index (χ1) is 10.8. The topological polar surface area (TPSA) is 168 Å². The molecule has 1 aliphatic rings. The number of amides is 1. The molecule has 0 aromatic heterocycles. The van der Waals surface area contributed by atoms with Crippen molar-refractivity contribution in [3.8, 4) is 0 Å². The Labute approximate surface area is 127 Å². The van der Waals surface area contributed by atoms with E-state index in [4.69, 9.17) is 16.9 Å². The van der Waals surface area contributed by atoms with Gasteiger partial charge in [0.25, 0.3) is 0 Å². The van der Waals surface area contributed by atoms with Crippen LogP contribution in [0.25, 0.3) is 0 Å². The fourth-order valence-corrected chi connectivity index (χ4v) is 2.05. The number of nitrogens with one attached hydrogen (secondary N) is 1. The highest BCUT2D eigenvalue weighted by Gasteiger charge is 2.58. The number of rotatable bonds is 6. The summed E-state index contributed by atoms with van der Waals surface area (Å²) < 4.78 is 17.1. The Kier molecular flexibility index (Phi) is 5.42. The van der Waals surface area contributed by atoms with Crippen LogP contribution in [0.3, 0.4) is 0 Å². The van der Waals surface area contributed by atoms with Crippen LogP contribution in [0.5, 0.6) is 0 Å². The Morgan fingerprint density at radius 3 is 2.55 bits per heavy atom. The van der Waals surface area contributed by atoms with Gasteiger partial charge in [-0.3, -0.25) is 9.59 Å². The van der Waals surface area contributed by atoms with Crippen LogP contribution in [0, 0.1) is 0 Å². The molecule has 0 aliphatic carbocycles. The molecule has 1 rings (SSSR count). The molecule has 6 N–H and O–H groups in total. The smallest absolute Gasteiger partial charge is 0.336 e. The molecule has 0 aromatic carbocycles. The van der Waals surface area contributed by atoms with Crippen LogP contribution < -0.4 is 11.1 Å². The van der Waals surface area contributed by atoms with E-state index in [1.54, 1.807) is 0 Å².